The van der Waals surface area contributed by atoms with Gasteiger partial charge in [0.05, 0.1) is 5.56 Å². The van der Waals surface area contributed by atoms with Crippen molar-refractivity contribution in [3.63, 3.8) is 0 Å². The molecule has 12 heavy (non-hydrogen) atoms. The zero-order valence-corrected chi connectivity index (χ0v) is 6.13. The molecule has 1 aromatic rings. The Morgan fingerprint density at radius 1 is 1.50 bits per heavy atom. The molecule has 62 valence electrons. The predicted molar refractivity (Wildman–Crippen MR) is 39.4 cm³/mol. The number of halogens is 1. The predicted octanol–water partition coefficient (Wildman–Crippen LogP) is 0.905. The van der Waals surface area contributed by atoms with E-state index in [1.165, 1.54) is 12.1 Å². The number of fused-ring (bicyclic) bond motifs is 1. The van der Waals surface area contributed by atoms with Gasteiger partial charge in [0.2, 0.25) is 0 Å². The lowest BCUT2D eigenvalue weighted by Gasteiger charge is -2.16. The van der Waals surface area contributed by atoms with Crippen LogP contribution in [-0.4, -0.2) is 12.6 Å². The first kappa shape index (κ1) is 7.09. The van der Waals surface area contributed by atoms with Crippen LogP contribution in [0.1, 0.15) is 10.4 Å². The Kier molecular flexibility index (Phi) is 1.46. The molecule has 0 saturated heterocycles. The number of amides is 1. The Balaban J connectivity index is 2.54. The number of carbonyl (C=O) groups is 1. The van der Waals surface area contributed by atoms with Crippen LogP contribution < -0.4 is 10.1 Å². The first-order valence-corrected chi connectivity index (χ1v) is 3.48. The standard InChI is InChI=1S/C8H6FNO2/c9-5-1-2-7-6(3-5)8(11)10-4-12-7/h1-3H,4H2,(H,10,11). The van der Waals surface area contributed by atoms with Crippen molar-refractivity contribution in [2.24, 2.45) is 0 Å². The number of rotatable bonds is 0. The van der Waals surface area contributed by atoms with Crippen LogP contribution in [-0.2, 0) is 0 Å². The highest BCUT2D eigenvalue weighted by molar-refractivity contribution is 5.97. The quantitative estimate of drug-likeness (QED) is 0.623. The van der Waals surface area contributed by atoms with Crippen LogP contribution in [0.3, 0.4) is 0 Å². The van der Waals surface area contributed by atoms with Crippen molar-refractivity contribution >= 4 is 5.91 Å². The molecule has 0 atom stereocenters. The first-order valence-electron chi connectivity index (χ1n) is 3.48. The molecule has 0 unspecified atom stereocenters. The second kappa shape index (κ2) is 2.48. The highest BCUT2D eigenvalue weighted by atomic mass is 19.1. The van der Waals surface area contributed by atoms with Crippen molar-refractivity contribution in [3.05, 3.63) is 29.6 Å². The molecule has 0 bridgehead atoms. The molecule has 3 nitrogen and oxygen atoms in total. The Bertz CT molecular complexity index is 338. The number of benzene rings is 1. The summed E-state index contributed by atoms with van der Waals surface area (Å²) < 4.78 is 17.7. The second-order valence-electron chi connectivity index (χ2n) is 2.44. The number of nitrogens with one attached hydrogen (secondary N) is 1. The van der Waals surface area contributed by atoms with Gasteiger partial charge in [0, 0.05) is 0 Å². The van der Waals surface area contributed by atoms with Crippen molar-refractivity contribution in [3.8, 4) is 5.75 Å². The summed E-state index contributed by atoms with van der Waals surface area (Å²) in [5.74, 6) is -0.301. The largest absolute Gasteiger partial charge is 0.472 e. The van der Waals surface area contributed by atoms with Gasteiger partial charge in [0.15, 0.2) is 6.73 Å². The highest BCUT2D eigenvalue weighted by Crippen LogP contribution is 2.21. The molecule has 0 aromatic heterocycles. The summed E-state index contributed by atoms with van der Waals surface area (Å²) in [4.78, 5) is 11.1. The smallest absolute Gasteiger partial charge is 0.257 e. The van der Waals surface area contributed by atoms with Crippen LogP contribution in [0.4, 0.5) is 4.39 Å². The van der Waals surface area contributed by atoms with Gasteiger partial charge in [0.25, 0.3) is 5.91 Å². The minimum absolute atomic E-state index is 0.150. The fourth-order valence-corrected chi connectivity index (χ4v) is 1.08. The number of ether oxygens (including phenoxy) is 1. The van der Waals surface area contributed by atoms with Gasteiger partial charge in [-0.1, -0.05) is 0 Å². The molecular weight excluding hydrogens is 161 g/mol. The van der Waals surface area contributed by atoms with E-state index in [0.29, 0.717) is 5.75 Å². The summed E-state index contributed by atoms with van der Waals surface area (Å²) in [7, 11) is 0. The molecule has 0 radical (unpaired) electrons. The third-order valence-corrected chi connectivity index (χ3v) is 1.65. The van der Waals surface area contributed by atoms with Gasteiger partial charge in [-0.25, -0.2) is 4.39 Å². The Morgan fingerprint density at radius 2 is 2.33 bits per heavy atom. The van der Waals surface area contributed by atoms with Crippen molar-refractivity contribution < 1.29 is 13.9 Å². The van der Waals surface area contributed by atoms with Crippen LogP contribution in [0.25, 0.3) is 0 Å². The van der Waals surface area contributed by atoms with Gasteiger partial charge in [-0.3, -0.25) is 4.79 Å². The maximum Gasteiger partial charge on any atom is 0.257 e. The lowest BCUT2D eigenvalue weighted by molar-refractivity contribution is 0.0882. The SMILES string of the molecule is O=C1NCOc2ccc(F)cc21. The van der Waals surface area contributed by atoms with E-state index in [-0.39, 0.29) is 18.2 Å². The van der Waals surface area contributed by atoms with Crippen molar-refractivity contribution in [2.75, 3.05) is 6.73 Å². The van der Waals surface area contributed by atoms with E-state index in [2.05, 4.69) is 5.32 Å². The van der Waals surface area contributed by atoms with Gasteiger partial charge < -0.3 is 10.1 Å². The molecule has 1 aromatic carbocycles. The normalized spacial score (nSPS) is 14.6. The average Bonchev–Trinajstić information content (AvgIpc) is 2.07. The molecule has 1 aliphatic rings. The van der Waals surface area contributed by atoms with Gasteiger partial charge in [-0.05, 0) is 18.2 Å². The van der Waals surface area contributed by atoms with Crippen LogP contribution >= 0.6 is 0 Å². The van der Waals surface area contributed by atoms with E-state index < -0.39 is 5.82 Å². The molecule has 0 spiro atoms. The first-order chi connectivity index (χ1) is 5.77. The summed E-state index contributed by atoms with van der Waals surface area (Å²) >= 11 is 0. The summed E-state index contributed by atoms with van der Waals surface area (Å²) in [5.41, 5.74) is 0.251. The van der Waals surface area contributed by atoms with Crippen LogP contribution in [0.5, 0.6) is 5.75 Å². The molecule has 0 aliphatic carbocycles. The summed E-state index contributed by atoms with van der Waals surface area (Å²) in [6.45, 7) is 0.150. The molecule has 0 saturated carbocycles. The second-order valence-corrected chi connectivity index (χ2v) is 2.44. The molecule has 1 amide bonds. The molecule has 2 rings (SSSR count). The summed E-state index contributed by atoms with van der Waals surface area (Å²) in [5, 5.41) is 2.44. The Hall–Kier alpha value is -1.58. The van der Waals surface area contributed by atoms with E-state index in [4.69, 9.17) is 4.74 Å². The molecule has 1 N–H and O–H groups in total. The fourth-order valence-electron chi connectivity index (χ4n) is 1.08. The van der Waals surface area contributed by atoms with E-state index in [1.807, 2.05) is 0 Å². The molecular formula is C8H6FNO2. The van der Waals surface area contributed by atoms with Gasteiger partial charge >= 0.3 is 0 Å². The average molecular weight is 167 g/mol. The van der Waals surface area contributed by atoms with E-state index >= 15 is 0 Å². The number of carbonyl (C=O) groups excluding carboxylic acids is 1. The fraction of sp³-hybridized carbons (Fsp3) is 0.125. The number of hydrogen-bond acceptors (Lipinski definition) is 2. The maximum absolute atomic E-state index is 12.6. The summed E-state index contributed by atoms with van der Waals surface area (Å²) in [6.07, 6.45) is 0. The lowest BCUT2D eigenvalue weighted by atomic mass is 10.1. The maximum atomic E-state index is 12.6. The van der Waals surface area contributed by atoms with E-state index in [9.17, 15) is 9.18 Å². The molecule has 0 fully saturated rings. The highest BCUT2D eigenvalue weighted by Gasteiger charge is 2.17. The van der Waals surface area contributed by atoms with E-state index in [1.54, 1.807) is 0 Å². The lowest BCUT2D eigenvalue weighted by Crippen LogP contribution is -2.32. The minimum Gasteiger partial charge on any atom is -0.472 e. The Labute approximate surface area is 68.1 Å². The third kappa shape index (κ3) is 1.01. The third-order valence-electron chi connectivity index (χ3n) is 1.65. The van der Waals surface area contributed by atoms with Gasteiger partial charge in [0.1, 0.15) is 11.6 Å². The molecule has 4 heteroatoms. The van der Waals surface area contributed by atoms with E-state index in [0.717, 1.165) is 6.07 Å². The van der Waals surface area contributed by atoms with Crippen molar-refractivity contribution in [1.29, 1.82) is 0 Å². The van der Waals surface area contributed by atoms with Crippen LogP contribution in [0, 0.1) is 5.82 Å². The van der Waals surface area contributed by atoms with Crippen LogP contribution in [0.15, 0.2) is 18.2 Å². The zero-order chi connectivity index (χ0) is 8.55. The van der Waals surface area contributed by atoms with Crippen LogP contribution in [0.2, 0.25) is 0 Å². The monoisotopic (exact) mass is 167 g/mol. The topological polar surface area (TPSA) is 38.3 Å². The Morgan fingerprint density at radius 3 is 3.17 bits per heavy atom. The van der Waals surface area contributed by atoms with Gasteiger partial charge in [-0.15, -0.1) is 0 Å². The van der Waals surface area contributed by atoms with Crippen molar-refractivity contribution in [2.45, 2.75) is 0 Å². The van der Waals surface area contributed by atoms with Gasteiger partial charge in [-0.2, -0.15) is 0 Å². The molecule has 1 heterocycles. The zero-order valence-electron chi connectivity index (χ0n) is 6.13. The molecule has 1 aliphatic heterocycles. The minimum atomic E-state index is -0.436. The summed E-state index contributed by atoms with van der Waals surface area (Å²) in [6, 6.07) is 3.87. The van der Waals surface area contributed by atoms with Crippen molar-refractivity contribution in [1.82, 2.24) is 5.32 Å². The number of hydrogen-bond donors (Lipinski definition) is 1.